The minimum Gasteiger partial charge on any atom is -0.486 e. The Kier molecular flexibility index (Phi) is 3.09. The summed E-state index contributed by atoms with van der Waals surface area (Å²) in [6, 6.07) is 10.5. The third-order valence-electron chi connectivity index (χ3n) is 2.70. The number of halogens is 1. The van der Waals surface area contributed by atoms with Gasteiger partial charge in [-0.3, -0.25) is 0 Å². The van der Waals surface area contributed by atoms with E-state index in [9.17, 15) is 0 Å². The summed E-state index contributed by atoms with van der Waals surface area (Å²) in [7, 11) is 0. The Bertz CT molecular complexity index is 616. The molecule has 2 aromatic carbocycles. The Morgan fingerprint density at radius 1 is 1.05 bits per heavy atom. The number of fused-ring (bicyclic) bond motifs is 1. The van der Waals surface area contributed by atoms with Crippen molar-refractivity contribution in [1.29, 1.82) is 0 Å². The highest BCUT2D eigenvalue weighted by atomic mass is 35.5. The Hall–Kier alpha value is -2.07. The number of ether oxygens (including phenoxy) is 3. The molecule has 0 aromatic heterocycles. The Balaban J connectivity index is 1.92. The third kappa shape index (κ3) is 2.53. The van der Waals surface area contributed by atoms with E-state index >= 15 is 0 Å². The van der Waals surface area contributed by atoms with Crippen LogP contribution in [0.25, 0.3) is 0 Å². The van der Waals surface area contributed by atoms with Crippen LogP contribution in [0.5, 0.6) is 23.0 Å². The number of nitrogens with two attached hydrogens (primary N) is 1. The van der Waals surface area contributed by atoms with Crippen LogP contribution in [0, 0.1) is 0 Å². The molecular weight excluding hydrogens is 266 g/mol. The van der Waals surface area contributed by atoms with Crippen molar-refractivity contribution < 1.29 is 14.2 Å². The van der Waals surface area contributed by atoms with Gasteiger partial charge in [0.25, 0.3) is 0 Å². The molecule has 0 fully saturated rings. The van der Waals surface area contributed by atoms with Crippen LogP contribution in [0.1, 0.15) is 0 Å². The molecule has 4 nitrogen and oxygen atoms in total. The highest BCUT2D eigenvalue weighted by Gasteiger charge is 2.15. The molecule has 0 amide bonds. The van der Waals surface area contributed by atoms with E-state index in [-0.39, 0.29) is 0 Å². The van der Waals surface area contributed by atoms with Crippen molar-refractivity contribution in [3.8, 4) is 23.0 Å². The maximum Gasteiger partial charge on any atom is 0.165 e. The van der Waals surface area contributed by atoms with Gasteiger partial charge in [-0.15, -0.1) is 0 Å². The summed E-state index contributed by atoms with van der Waals surface area (Å²) in [5.41, 5.74) is 6.43. The Morgan fingerprint density at radius 3 is 2.53 bits per heavy atom. The molecule has 2 N–H and O–H groups in total. The molecule has 0 saturated heterocycles. The van der Waals surface area contributed by atoms with Crippen molar-refractivity contribution in [2.45, 2.75) is 0 Å². The molecule has 0 radical (unpaired) electrons. The first kappa shape index (κ1) is 12.0. The summed E-state index contributed by atoms with van der Waals surface area (Å²) >= 11 is 5.91. The van der Waals surface area contributed by atoms with Gasteiger partial charge in [-0.25, -0.2) is 0 Å². The van der Waals surface area contributed by atoms with Gasteiger partial charge in [0.15, 0.2) is 17.2 Å². The summed E-state index contributed by atoms with van der Waals surface area (Å²) in [5.74, 6) is 2.42. The third-order valence-corrected chi connectivity index (χ3v) is 2.93. The number of rotatable bonds is 2. The minimum atomic E-state index is 0.490. The predicted octanol–water partition coefficient (Wildman–Crippen LogP) is 3.49. The standard InChI is InChI=1S/C14H12ClNO3/c15-9-2-1-3-10(6-9)19-12-8-14-13(7-11(12)16)17-4-5-18-14/h1-3,6-8H,4-5,16H2. The van der Waals surface area contributed by atoms with E-state index in [1.165, 1.54) is 0 Å². The van der Waals surface area contributed by atoms with Crippen molar-refractivity contribution in [3.05, 3.63) is 41.4 Å². The second-order valence-corrected chi connectivity index (χ2v) is 4.53. The van der Waals surface area contributed by atoms with Crippen molar-refractivity contribution in [2.24, 2.45) is 0 Å². The molecule has 0 aliphatic carbocycles. The van der Waals surface area contributed by atoms with Crippen molar-refractivity contribution in [1.82, 2.24) is 0 Å². The molecule has 19 heavy (non-hydrogen) atoms. The number of hydrogen-bond donors (Lipinski definition) is 1. The second-order valence-electron chi connectivity index (χ2n) is 4.09. The SMILES string of the molecule is Nc1cc2c(cc1Oc1cccc(Cl)c1)OCCO2. The second kappa shape index (κ2) is 4.90. The van der Waals surface area contributed by atoms with Gasteiger partial charge in [-0.1, -0.05) is 17.7 Å². The zero-order chi connectivity index (χ0) is 13.2. The molecule has 0 atom stereocenters. The molecule has 0 saturated carbocycles. The first-order chi connectivity index (χ1) is 9.22. The average Bonchev–Trinajstić information content (AvgIpc) is 2.40. The van der Waals surface area contributed by atoms with Crippen LogP contribution < -0.4 is 19.9 Å². The first-order valence-corrected chi connectivity index (χ1v) is 6.23. The lowest BCUT2D eigenvalue weighted by Crippen LogP contribution is -2.15. The van der Waals surface area contributed by atoms with E-state index in [2.05, 4.69) is 0 Å². The van der Waals surface area contributed by atoms with E-state index in [1.54, 1.807) is 24.3 Å². The highest BCUT2D eigenvalue weighted by Crippen LogP contribution is 2.40. The zero-order valence-electron chi connectivity index (χ0n) is 10.1. The maximum atomic E-state index is 5.94. The van der Waals surface area contributed by atoms with Crippen LogP contribution in [0.3, 0.4) is 0 Å². The summed E-state index contributed by atoms with van der Waals surface area (Å²) in [5, 5.41) is 0.605. The molecule has 1 heterocycles. The van der Waals surface area contributed by atoms with Gasteiger partial charge in [0.2, 0.25) is 0 Å². The van der Waals surface area contributed by atoms with Crippen LogP contribution in [0.4, 0.5) is 5.69 Å². The molecule has 0 bridgehead atoms. The summed E-state index contributed by atoms with van der Waals surface area (Å²) < 4.78 is 16.7. The summed E-state index contributed by atoms with van der Waals surface area (Å²) in [4.78, 5) is 0. The van der Waals surface area contributed by atoms with E-state index in [4.69, 9.17) is 31.5 Å². The fourth-order valence-electron chi connectivity index (χ4n) is 1.83. The lowest BCUT2D eigenvalue weighted by molar-refractivity contribution is 0.171. The van der Waals surface area contributed by atoms with Crippen LogP contribution in [-0.2, 0) is 0 Å². The lowest BCUT2D eigenvalue weighted by Gasteiger charge is -2.20. The maximum absolute atomic E-state index is 5.94. The molecule has 98 valence electrons. The lowest BCUT2D eigenvalue weighted by atomic mass is 10.2. The van der Waals surface area contributed by atoms with Gasteiger partial charge in [-0.05, 0) is 18.2 Å². The van der Waals surface area contributed by atoms with E-state index in [1.807, 2.05) is 12.1 Å². The molecule has 3 rings (SSSR count). The molecule has 0 spiro atoms. The quantitative estimate of drug-likeness (QED) is 0.854. The van der Waals surface area contributed by atoms with Crippen molar-refractivity contribution in [3.63, 3.8) is 0 Å². The predicted molar refractivity (Wildman–Crippen MR) is 73.4 cm³/mol. The molecule has 1 aliphatic heterocycles. The molecule has 5 heteroatoms. The number of nitrogen functional groups attached to an aromatic ring is 1. The number of anilines is 1. The fraction of sp³-hybridized carbons (Fsp3) is 0.143. The number of hydrogen-bond acceptors (Lipinski definition) is 4. The van der Waals surface area contributed by atoms with Gasteiger partial charge in [-0.2, -0.15) is 0 Å². The molecule has 1 aliphatic rings. The van der Waals surface area contributed by atoms with Crippen LogP contribution in [-0.4, -0.2) is 13.2 Å². The monoisotopic (exact) mass is 277 g/mol. The largest absolute Gasteiger partial charge is 0.486 e. The molecular formula is C14H12ClNO3. The normalized spacial score (nSPS) is 13.1. The smallest absolute Gasteiger partial charge is 0.165 e. The van der Waals surface area contributed by atoms with Crippen molar-refractivity contribution in [2.75, 3.05) is 18.9 Å². The Labute approximate surface area is 115 Å². The van der Waals surface area contributed by atoms with Crippen LogP contribution in [0.2, 0.25) is 5.02 Å². The average molecular weight is 278 g/mol. The first-order valence-electron chi connectivity index (χ1n) is 5.85. The van der Waals surface area contributed by atoms with Gasteiger partial charge >= 0.3 is 0 Å². The van der Waals surface area contributed by atoms with Crippen LogP contribution in [0.15, 0.2) is 36.4 Å². The summed E-state index contributed by atoms with van der Waals surface area (Å²) in [6.07, 6.45) is 0. The number of benzene rings is 2. The molecule has 0 unspecified atom stereocenters. The van der Waals surface area contributed by atoms with Crippen molar-refractivity contribution >= 4 is 17.3 Å². The molecule has 2 aromatic rings. The topological polar surface area (TPSA) is 53.7 Å². The Morgan fingerprint density at radius 2 is 1.79 bits per heavy atom. The van der Waals surface area contributed by atoms with E-state index in [0.717, 1.165) is 0 Å². The van der Waals surface area contributed by atoms with E-state index < -0.39 is 0 Å². The fourth-order valence-corrected chi connectivity index (χ4v) is 2.01. The van der Waals surface area contributed by atoms with Gasteiger partial charge in [0.05, 0.1) is 5.69 Å². The van der Waals surface area contributed by atoms with Gasteiger partial charge in [0, 0.05) is 17.2 Å². The van der Waals surface area contributed by atoms with Crippen LogP contribution >= 0.6 is 11.6 Å². The van der Waals surface area contributed by atoms with E-state index in [0.29, 0.717) is 46.9 Å². The van der Waals surface area contributed by atoms with Gasteiger partial charge in [0.1, 0.15) is 19.0 Å². The zero-order valence-corrected chi connectivity index (χ0v) is 10.8. The highest BCUT2D eigenvalue weighted by molar-refractivity contribution is 6.30. The van der Waals surface area contributed by atoms with Gasteiger partial charge < -0.3 is 19.9 Å². The minimum absolute atomic E-state index is 0.490. The summed E-state index contributed by atoms with van der Waals surface area (Å²) in [6.45, 7) is 1.05.